The molecule has 5 heteroatoms. The Labute approximate surface area is 109 Å². The maximum Gasteiger partial charge on any atom is 0.252 e. The van der Waals surface area contributed by atoms with Crippen LogP contribution in [0.4, 0.5) is 5.82 Å². The zero-order chi connectivity index (χ0) is 13.4. The smallest absolute Gasteiger partial charge is 0.252 e. The topological polar surface area (TPSA) is 57.3 Å². The molecule has 0 bridgehead atoms. The predicted octanol–water partition coefficient (Wildman–Crippen LogP) is 1.19. The van der Waals surface area contributed by atoms with Gasteiger partial charge in [0.05, 0.1) is 5.56 Å². The highest BCUT2D eigenvalue weighted by Gasteiger charge is 2.05. The first-order chi connectivity index (χ1) is 8.67. The molecule has 0 fully saturated rings. The first-order valence-corrected chi connectivity index (χ1v) is 6.34. The number of pyridine rings is 1. The van der Waals surface area contributed by atoms with Crippen LogP contribution in [0.1, 0.15) is 24.2 Å². The summed E-state index contributed by atoms with van der Waals surface area (Å²) >= 11 is 0. The summed E-state index contributed by atoms with van der Waals surface area (Å²) in [4.78, 5) is 18.1. The minimum atomic E-state index is -0.0740. The van der Waals surface area contributed by atoms with Crippen molar-refractivity contribution in [2.45, 2.75) is 13.8 Å². The number of carbonyl (C=O) groups excluding carboxylic acids is 1. The summed E-state index contributed by atoms with van der Waals surface area (Å²) in [5.74, 6) is 0.717. The number of hydrogen-bond donors (Lipinski definition) is 2. The Morgan fingerprint density at radius 3 is 2.72 bits per heavy atom. The molecule has 1 rings (SSSR count). The van der Waals surface area contributed by atoms with Crippen LogP contribution in [0.3, 0.4) is 0 Å². The molecule has 0 unspecified atom stereocenters. The monoisotopic (exact) mass is 250 g/mol. The molecule has 0 aliphatic rings. The summed E-state index contributed by atoms with van der Waals surface area (Å²) in [5.41, 5.74) is 0.593. The predicted molar refractivity (Wildman–Crippen MR) is 73.9 cm³/mol. The van der Waals surface area contributed by atoms with E-state index in [-0.39, 0.29) is 5.91 Å². The molecule has 100 valence electrons. The number of anilines is 1. The van der Waals surface area contributed by atoms with Gasteiger partial charge in [-0.05, 0) is 32.6 Å². The van der Waals surface area contributed by atoms with Gasteiger partial charge in [-0.25, -0.2) is 4.98 Å². The van der Waals surface area contributed by atoms with Crippen molar-refractivity contribution >= 4 is 11.7 Å². The van der Waals surface area contributed by atoms with E-state index in [4.69, 9.17) is 0 Å². The van der Waals surface area contributed by atoms with Gasteiger partial charge in [0.25, 0.3) is 5.91 Å². The molecule has 0 saturated heterocycles. The van der Waals surface area contributed by atoms with E-state index >= 15 is 0 Å². The summed E-state index contributed by atoms with van der Waals surface area (Å²) < 4.78 is 0. The highest BCUT2D eigenvalue weighted by atomic mass is 16.1. The summed E-state index contributed by atoms with van der Waals surface area (Å²) in [6.45, 7) is 7.40. The van der Waals surface area contributed by atoms with Crippen LogP contribution < -0.4 is 10.6 Å². The molecule has 0 radical (unpaired) electrons. The van der Waals surface area contributed by atoms with Gasteiger partial charge in [0.2, 0.25) is 0 Å². The number of aromatic nitrogens is 1. The van der Waals surface area contributed by atoms with Gasteiger partial charge in [-0.1, -0.05) is 6.92 Å². The molecule has 1 aromatic heterocycles. The van der Waals surface area contributed by atoms with Crippen LogP contribution in [-0.2, 0) is 0 Å². The maximum absolute atomic E-state index is 11.8. The lowest BCUT2D eigenvalue weighted by Gasteiger charge is -2.13. The van der Waals surface area contributed by atoms with Crippen LogP contribution in [-0.4, -0.2) is 49.0 Å². The summed E-state index contributed by atoms with van der Waals surface area (Å²) in [7, 11) is 2.03. The van der Waals surface area contributed by atoms with Crippen molar-refractivity contribution in [2.75, 3.05) is 38.5 Å². The molecular formula is C13H22N4O. The molecule has 1 aromatic rings. The van der Waals surface area contributed by atoms with Gasteiger partial charge in [-0.15, -0.1) is 0 Å². The van der Waals surface area contributed by atoms with Gasteiger partial charge in [-0.3, -0.25) is 4.79 Å². The van der Waals surface area contributed by atoms with Crippen LogP contribution in [0.5, 0.6) is 0 Å². The molecule has 0 aliphatic carbocycles. The first kappa shape index (κ1) is 14.4. The van der Waals surface area contributed by atoms with Crippen molar-refractivity contribution in [2.24, 2.45) is 0 Å². The number of rotatable bonds is 7. The molecular weight excluding hydrogens is 228 g/mol. The third-order valence-corrected chi connectivity index (χ3v) is 2.70. The van der Waals surface area contributed by atoms with Crippen LogP contribution in [0.2, 0.25) is 0 Å². The van der Waals surface area contributed by atoms with Crippen LogP contribution in [0, 0.1) is 0 Å². The van der Waals surface area contributed by atoms with Gasteiger partial charge in [0, 0.05) is 25.8 Å². The van der Waals surface area contributed by atoms with E-state index in [9.17, 15) is 4.79 Å². The number of amides is 1. The quantitative estimate of drug-likeness (QED) is 0.763. The second-order valence-corrected chi connectivity index (χ2v) is 4.11. The largest absolute Gasteiger partial charge is 0.370 e. The maximum atomic E-state index is 11.8. The molecule has 5 nitrogen and oxygen atoms in total. The van der Waals surface area contributed by atoms with Crippen molar-refractivity contribution in [1.29, 1.82) is 0 Å². The molecule has 0 atom stereocenters. The van der Waals surface area contributed by atoms with Crippen LogP contribution >= 0.6 is 0 Å². The molecule has 0 aromatic carbocycles. The van der Waals surface area contributed by atoms with E-state index in [2.05, 4.69) is 27.4 Å². The Bertz CT molecular complexity index is 364. The fourth-order valence-electron chi connectivity index (χ4n) is 1.43. The molecule has 0 aliphatic heterocycles. The third-order valence-electron chi connectivity index (χ3n) is 2.70. The summed E-state index contributed by atoms with van der Waals surface area (Å²) in [6, 6.07) is 3.60. The number of nitrogens with one attached hydrogen (secondary N) is 2. The number of likely N-dealkylation sites (N-methyl/N-ethyl adjacent to an activating group) is 1. The molecule has 2 N–H and O–H groups in total. The molecule has 1 amide bonds. The second kappa shape index (κ2) is 7.66. The van der Waals surface area contributed by atoms with E-state index in [1.165, 1.54) is 0 Å². The van der Waals surface area contributed by atoms with E-state index in [1.54, 1.807) is 12.3 Å². The second-order valence-electron chi connectivity index (χ2n) is 4.11. The van der Waals surface area contributed by atoms with Crippen molar-refractivity contribution in [3.8, 4) is 0 Å². The normalized spacial score (nSPS) is 10.4. The average Bonchev–Trinajstić information content (AvgIpc) is 2.39. The minimum absolute atomic E-state index is 0.0740. The summed E-state index contributed by atoms with van der Waals surface area (Å²) in [5, 5.41) is 5.96. The Morgan fingerprint density at radius 2 is 2.17 bits per heavy atom. The SMILES string of the molecule is CCNc1ccc(C(=O)NCCN(C)CC)cn1. The Morgan fingerprint density at radius 1 is 1.39 bits per heavy atom. The fraction of sp³-hybridized carbons (Fsp3) is 0.538. The van der Waals surface area contributed by atoms with E-state index in [1.807, 2.05) is 20.0 Å². The number of hydrogen-bond acceptors (Lipinski definition) is 4. The number of nitrogens with zero attached hydrogens (tertiary/aromatic N) is 2. The minimum Gasteiger partial charge on any atom is -0.370 e. The lowest BCUT2D eigenvalue weighted by atomic mass is 10.2. The highest BCUT2D eigenvalue weighted by molar-refractivity contribution is 5.94. The highest BCUT2D eigenvalue weighted by Crippen LogP contribution is 2.04. The van der Waals surface area contributed by atoms with E-state index in [0.717, 1.165) is 25.5 Å². The summed E-state index contributed by atoms with van der Waals surface area (Å²) in [6.07, 6.45) is 1.59. The van der Waals surface area contributed by atoms with Crippen molar-refractivity contribution in [1.82, 2.24) is 15.2 Å². The molecule has 0 spiro atoms. The lowest BCUT2D eigenvalue weighted by Crippen LogP contribution is -2.32. The van der Waals surface area contributed by atoms with Crippen molar-refractivity contribution < 1.29 is 4.79 Å². The molecule has 1 heterocycles. The zero-order valence-corrected chi connectivity index (χ0v) is 11.4. The van der Waals surface area contributed by atoms with Gasteiger partial charge in [-0.2, -0.15) is 0 Å². The number of carbonyl (C=O) groups is 1. The zero-order valence-electron chi connectivity index (χ0n) is 11.4. The molecule has 0 saturated carbocycles. The lowest BCUT2D eigenvalue weighted by molar-refractivity contribution is 0.0950. The Hall–Kier alpha value is -1.62. The average molecular weight is 250 g/mol. The van der Waals surface area contributed by atoms with Crippen molar-refractivity contribution in [3.05, 3.63) is 23.9 Å². The Kier molecular flexibility index (Phi) is 6.14. The third kappa shape index (κ3) is 4.71. The van der Waals surface area contributed by atoms with Crippen LogP contribution in [0.15, 0.2) is 18.3 Å². The van der Waals surface area contributed by atoms with Crippen LogP contribution in [0.25, 0.3) is 0 Å². The van der Waals surface area contributed by atoms with Gasteiger partial charge < -0.3 is 15.5 Å². The first-order valence-electron chi connectivity index (χ1n) is 6.34. The van der Waals surface area contributed by atoms with E-state index < -0.39 is 0 Å². The van der Waals surface area contributed by atoms with Crippen molar-refractivity contribution in [3.63, 3.8) is 0 Å². The van der Waals surface area contributed by atoms with Gasteiger partial charge in [0.1, 0.15) is 5.82 Å². The van der Waals surface area contributed by atoms with Gasteiger partial charge >= 0.3 is 0 Å². The standard InChI is InChI=1S/C13H22N4O/c1-4-14-12-7-6-11(10-16-12)13(18)15-8-9-17(3)5-2/h6-7,10H,4-5,8-9H2,1-3H3,(H,14,16)(H,15,18). The van der Waals surface area contributed by atoms with E-state index in [0.29, 0.717) is 12.1 Å². The Balaban J connectivity index is 2.41. The fourth-order valence-corrected chi connectivity index (χ4v) is 1.43. The molecule has 18 heavy (non-hydrogen) atoms. The van der Waals surface area contributed by atoms with Gasteiger partial charge in [0.15, 0.2) is 0 Å².